The maximum Gasteiger partial charge on any atom is 0.264 e. The van der Waals surface area contributed by atoms with Crippen LogP contribution in [-0.4, -0.2) is 34.2 Å². The molecule has 1 heterocycles. The number of thiophene rings is 1. The second-order valence-corrected chi connectivity index (χ2v) is 9.20. The van der Waals surface area contributed by atoms with Crippen molar-refractivity contribution >= 4 is 50.8 Å². The summed E-state index contributed by atoms with van der Waals surface area (Å²) in [4.78, 5) is 13.4. The fourth-order valence-electron chi connectivity index (χ4n) is 2.54. The number of nitrogens with one attached hydrogen (secondary N) is 1. The molecule has 0 saturated carbocycles. The lowest BCUT2D eigenvalue weighted by Crippen LogP contribution is -2.39. The summed E-state index contributed by atoms with van der Waals surface area (Å²) in [6, 6.07) is 16.0. The standard InChI is InChI=1S/C20H18ClN3O4S2/c1-28-19-10-9-15(12-18(19)21)24(30(26,27)17-7-3-2-4-8-17)14-20(25)23-22-13-16-6-5-11-29-16/h2-13H,14H2,1H3,(H,23,25)/b22-13+. The Hall–Kier alpha value is -2.88. The molecule has 0 radical (unpaired) electrons. The van der Waals surface area contributed by atoms with Crippen molar-refractivity contribution in [2.45, 2.75) is 4.90 Å². The molecule has 1 N–H and O–H groups in total. The van der Waals surface area contributed by atoms with Gasteiger partial charge in [0.05, 0.1) is 28.9 Å². The average molecular weight is 464 g/mol. The Balaban J connectivity index is 1.89. The summed E-state index contributed by atoms with van der Waals surface area (Å²) in [5, 5.41) is 5.98. The number of ether oxygens (including phenoxy) is 1. The van der Waals surface area contributed by atoms with E-state index in [1.807, 2.05) is 17.5 Å². The molecule has 0 aliphatic heterocycles. The SMILES string of the molecule is COc1ccc(N(CC(=O)N/N=C/c2cccs2)S(=O)(=O)c2ccccc2)cc1Cl. The van der Waals surface area contributed by atoms with E-state index in [1.165, 1.54) is 55.0 Å². The average Bonchev–Trinajstić information content (AvgIpc) is 3.26. The third-order valence-corrected chi connectivity index (χ3v) is 6.86. The zero-order valence-corrected chi connectivity index (χ0v) is 18.2. The highest BCUT2D eigenvalue weighted by Gasteiger charge is 2.27. The molecule has 1 amide bonds. The van der Waals surface area contributed by atoms with E-state index in [4.69, 9.17) is 16.3 Å². The number of rotatable bonds is 8. The summed E-state index contributed by atoms with van der Waals surface area (Å²) in [5.41, 5.74) is 2.58. The number of halogens is 1. The molecule has 30 heavy (non-hydrogen) atoms. The Bertz CT molecular complexity index is 1130. The van der Waals surface area contributed by atoms with Crippen molar-refractivity contribution in [1.82, 2.24) is 5.43 Å². The van der Waals surface area contributed by atoms with Crippen molar-refractivity contribution in [1.29, 1.82) is 0 Å². The maximum absolute atomic E-state index is 13.2. The van der Waals surface area contributed by atoms with E-state index >= 15 is 0 Å². The van der Waals surface area contributed by atoms with E-state index in [-0.39, 0.29) is 15.6 Å². The number of hydrogen-bond donors (Lipinski definition) is 1. The summed E-state index contributed by atoms with van der Waals surface area (Å²) in [7, 11) is -2.57. The molecule has 3 aromatic rings. The van der Waals surface area contributed by atoms with E-state index in [0.29, 0.717) is 5.75 Å². The van der Waals surface area contributed by atoms with Crippen LogP contribution in [-0.2, 0) is 14.8 Å². The maximum atomic E-state index is 13.2. The van der Waals surface area contributed by atoms with Crippen molar-refractivity contribution in [2.24, 2.45) is 5.10 Å². The summed E-state index contributed by atoms with van der Waals surface area (Å²) >= 11 is 7.64. The Labute approximate surface area is 183 Å². The smallest absolute Gasteiger partial charge is 0.264 e. The topological polar surface area (TPSA) is 88.1 Å². The number of benzene rings is 2. The Morgan fingerprint density at radius 3 is 2.60 bits per heavy atom. The number of carbonyl (C=O) groups is 1. The molecule has 0 unspecified atom stereocenters. The van der Waals surface area contributed by atoms with Crippen molar-refractivity contribution in [3.63, 3.8) is 0 Å². The summed E-state index contributed by atoms with van der Waals surface area (Å²) in [6.45, 7) is -0.484. The van der Waals surface area contributed by atoms with Gasteiger partial charge in [-0.25, -0.2) is 13.8 Å². The molecule has 0 spiro atoms. The van der Waals surface area contributed by atoms with E-state index in [9.17, 15) is 13.2 Å². The third kappa shape index (κ3) is 5.18. The molecule has 0 atom stereocenters. The first-order chi connectivity index (χ1) is 14.4. The second kappa shape index (κ2) is 9.75. The number of carbonyl (C=O) groups excluding carboxylic acids is 1. The van der Waals surface area contributed by atoms with Crippen LogP contribution in [0.4, 0.5) is 5.69 Å². The van der Waals surface area contributed by atoms with Crippen LogP contribution in [0.2, 0.25) is 5.02 Å². The van der Waals surface area contributed by atoms with Gasteiger partial charge in [0.25, 0.3) is 15.9 Å². The summed E-state index contributed by atoms with van der Waals surface area (Å²) in [6.07, 6.45) is 1.49. The van der Waals surface area contributed by atoms with E-state index in [1.54, 1.807) is 18.2 Å². The predicted molar refractivity (Wildman–Crippen MR) is 119 cm³/mol. The monoisotopic (exact) mass is 463 g/mol. The number of hydrazone groups is 1. The van der Waals surface area contributed by atoms with Crippen LogP contribution >= 0.6 is 22.9 Å². The van der Waals surface area contributed by atoms with Crippen LogP contribution in [0.15, 0.2) is 76.0 Å². The van der Waals surface area contributed by atoms with E-state index in [2.05, 4.69) is 10.5 Å². The van der Waals surface area contributed by atoms with Gasteiger partial charge in [0, 0.05) is 4.88 Å². The van der Waals surface area contributed by atoms with Crippen LogP contribution < -0.4 is 14.5 Å². The lowest BCUT2D eigenvalue weighted by atomic mass is 10.3. The summed E-state index contributed by atoms with van der Waals surface area (Å²) < 4.78 is 32.6. The van der Waals surface area contributed by atoms with Gasteiger partial charge < -0.3 is 4.74 Å². The molecule has 0 fully saturated rings. The molecular weight excluding hydrogens is 446 g/mol. The van der Waals surface area contributed by atoms with Crippen molar-refractivity contribution < 1.29 is 17.9 Å². The second-order valence-electron chi connectivity index (χ2n) is 5.95. The molecule has 0 aliphatic carbocycles. The van der Waals surface area contributed by atoms with Crippen molar-refractivity contribution in [2.75, 3.05) is 18.0 Å². The van der Waals surface area contributed by atoms with Gasteiger partial charge in [0.1, 0.15) is 12.3 Å². The minimum absolute atomic E-state index is 0.0480. The zero-order chi connectivity index (χ0) is 21.6. The first kappa shape index (κ1) is 21.8. The van der Waals surface area contributed by atoms with Crippen molar-refractivity contribution in [3.8, 4) is 5.75 Å². The first-order valence-electron chi connectivity index (χ1n) is 8.68. The van der Waals surface area contributed by atoms with Crippen molar-refractivity contribution in [3.05, 3.63) is 75.9 Å². The van der Waals surface area contributed by atoms with Gasteiger partial charge in [-0.2, -0.15) is 5.10 Å². The Morgan fingerprint density at radius 1 is 1.20 bits per heavy atom. The molecule has 156 valence electrons. The predicted octanol–water partition coefficient (Wildman–Crippen LogP) is 3.76. The van der Waals surface area contributed by atoms with Crippen LogP contribution in [0.25, 0.3) is 0 Å². The van der Waals surface area contributed by atoms with Crippen LogP contribution in [0.1, 0.15) is 4.88 Å². The van der Waals surface area contributed by atoms with Gasteiger partial charge >= 0.3 is 0 Å². The minimum Gasteiger partial charge on any atom is -0.495 e. The fraction of sp³-hybridized carbons (Fsp3) is 0.100. The highest BCUT2D eigenvalue weighted by molar-refractivity contribution is 7.92. The van der Waals surface area contributed by atoms with Crippen LogP contribution in [0.5, 0.6) is 5.75 Å². The van der Waals surface area contributed by atoms with Gasteiger partial charge in [-0.15, -0.1) is 11.3 Å². The van der Waals surface area contributed by atoms with Crippen LogP contribution in [0.3, 0.4) is 0 Å². The van der Waals surface area contributed by atoms with Crippen LogP contribution in [0, 0.1) is 0 Å². The zero-order valence-electron chi connectivity index (χ0n) is 15.9. The van der Waals surface area contributed by atoms with E-state index in [0.717, 1.165) is 9.18 Å². The molecule has 1 aromatic heterocycles. The number of nitrogens with zero attached hydrogens (tertiary/aromatic N) is 2. The van der Waals surface area contributed by atoms with Gasteiger partial charge in [0.2, 0.25) is 0 Å². The molecule has 10 heteroatoms. The molecule has 0 aliphatic rings. The molecule has 3 rings (SSSR count). The number of methoxy groups -OCH3 is 1. The highest BCUT2D eigenvalue weighted by Crippen LogP contribution is 2.31. The third-order valence-electron chi connectivity index (χ3n) is 3.97. The normalized spacial score (nSPS) is 11.4. The largest absolute Gasteiger partial charge is 0.495 e. The molecule has 0 bridgehead atoms. The molecule has 2 aromatic carbocycles. The van der Waals surface area contributed by atoms with Gasteiger partial charge in [-0.05, 0) is 41.8 Å². The number of amides is 1. The summed E-state index contributed by atoms with van der Waals surface area (Å²) in [5.74, 6) is -0.211. The lowest BCUT2D eigenvalue weighted by molar-refractivity contribution is -0.119. The molecular formula is C20H18ClN3O4S2. The van der Waals surface area contributed by atoms with E-state index < -0.39 is 22.5 Å². The Kier molecular flexibility index (Phi) is 7.09. The molecule has 7 nitrogen and oxygen atoms in total. The van der Waals surface area contributed by atoms with Gasteiger partial charge in [-0.3, -0.25) is 9.10 Å². The quantitative estimate of drug-likeness (QED) is 0.407. The fourth-order valence-corrected chi connectivity index (χ4v) is 4.81. The number of hydrogen-bond acceptors (Lipinski definition) is 6. The number of anilines is 1. The Morgan fingerprint density at radius 2 is 1.97 bits per heavy atom. The highest BCUT2D eigenvalue weighted by atomic mass is 35.5. The first-order valence-corrected chi connectivity index (χ1v) is 11.4. The number of sulfonamides is 1. The molecule has 0 saturated heterocycles. The van der Waals surface area contributed by atoms with Gasteiger partial charge in [-0.1, -0.05) is 35.9 Å². The lowest BCUT2D eigenvalue weighted by Gasteiger charge is -2.24. The minimum atomic E-state index is -4.03. The van der Waals surface area contributed by atoms with Gasteiger partial charge in [0.15, 0.2) is 0 Å².